The van der Waals surface area contributed by atoms with Crippen molar-refractivity contribution in [3.8, 4) is 0 Å². The first-order chi connectivity index (χ1) is 5.98. The molecular weight excluding hydrogens is 334 g/mol. The summed E-state index contributed by atoms with van der Waals surface area (Å²) in [4.78, 5) is 0. The maximum atomic E-state index is 5.89. The van der Waals surface area contributed by atoms with E-state index in [1.807, 2.05) is 0 Å². The highest BCUT2D eigenvalue weighted by atomic mass is 35.6. The molecule has 0 amide bonds. The van der Waals surface area contributed by atoms with Gasteiger partial charge in [0, 0.05) is 6.04 Å². The van der Waals surface area contributed by atoms with E-state index in [2.05, 4.69) is 0 Å². The average molecular weight is 342 g/mol. The van der Waals surface area contributed by atoms with Gasteiger partial charge >= 0.3 is 0 Å². The van der Waals surface area contributed by atoms with E-state index >= 15 is 0 Å². The molecule has 0 aromatic rings. The zero-order valence-corrected chi connectivity index (χ0v) is 12.3. The van der Waals surface area contributed by atoms with Crippen LogP contribution in [0.4, 0.5) is 0 Å². The molecule has 0 aromatic carbocycles. The van der Waals surface area contributed by atoms with Gasteiger partial charge in [-0.05, 0) is 6.42 Å². The first kappa shape index (κ1) is 16.0. The van der Waals surface area contributed by atoms with E-state index in [0.717, 1.165) is 0 Å². The van der Waals surface area contributed by atoms with E-state index in [1.165, 1.54) is 0 Å². The highest BCUT2D eigenvalue weighted by molar-refractivity contribution is 6.78. The van der Waals surface area contributed by atoms with Crippen LogP contribution in [0.25, 0.3) is 0 Å². The molecule has 0 rings (SSSR count). The molecule has 0 radical (unpaired) electrons. The quantitative estimate of drug-likeness (QED) is 0.754. The SMILES string of the molecule is CCC(N)C(Cl)(Cl)C(Cl)(Cl)C(Cl)(Cl)Cl. The summed E-state index contributed by atoms with van der Waals surface area (Å²) in [5.41, 5.74) is 5.62. The van der Waals surface area contributed by atoms with Crippen LogP contribution in [-0.2, 0) is 0 Å². The summed E-state index contributed by atoms with van der Waals surface area (Å²) >= 11 is 40.0. The second-order valence-electron chi connectivity index (χ2n) is 2.71. The monoisotopic (exact) mass is 339 g/mol. The van der Waals surface area contributed by atoms with E-state index in [9.17, 15) is 0 Å². The summed E-state index contributed by atoms with van der Waals surface area (Å²) in [5.74, 6) is 0. The standard InChI is InChI=1S/C6H8Cl7N/c1-2-3(14)4(7,8)5(9,10)6(11,12)13/h3H,2,14H2,1H3. The van der Waals surface area contributed by atoms with E-state index in [0.29, 0.717) is 6.42 Å². The Morgan fingerprint density at radius 3 is 1.57 bits per heavy atom. The molecule has 0 fully saturated rings. The Morgan fingerprint density at radius 1 is 1.00 bits per heavy atom. The maximum absolute atomic E-state index is 5.89. The lowest BCUT2D eigenvalue weighted by atomic mass is 10.1. The zero-order chi connectivity index (χ0) is 11.8. The van der Waals surface area contributed by atoms with E-state index in [-0.39, 0.29) is 0 Å². The van der Waals surface area contributed by atoms with Crippen LogP contribution in [0.2, 0.25) is 0 Å². The summed E-state index contributed by atoms with van der Waals surface area (Å²) in [5, 5.41) is 0. The molecule has 1 unspecified atom stereocenters. The molecule has 14 heavy (non-hydrogen) atoms. The predicted molar refractivity (Wildman–Crippen MR) is 67.4 cm³/mol. The molecule has 0 aliphatic rings. The smallest absolute Gasteiger partial charge is 0.226 e. The fourth-order valence-corrected chi connectivity index (χ4v) is 2.29. The van der Waals surface area contributed by atoms with Crippen molar-refractivity contribution in [3.63, 3.8) is 0 Å². The highest BCUT2D eigenvalue weighted by Crippen LogP contribution is 2.57. The van der Waals surface area contributed by atoms with Crippen molar-refractivity contribution in [2.24, 2.45) is 5.73 Å². The average Bonchev–Trinajstić information content (AvgIpc) is 2.00. The number of nitrogens with two attached hydrogens (primary N) is 1. The topological polar surface area (TPSA) is 26.0 Å². The third kappa shape index (κ3) is 3.01. The molecule has 86 valence electrons. The van der Waals surface area contributed by atoms with Crippen LogP contribution in [0.15, 0.2) is 0 Å². The van der Waals surface area contributed by atoms with Gasteiger partial charge in [0.1, 0.15) is 0 Å². The molecule has 0 aliphatic carbocycles. The van der Waals surface area contributed by atoms with E-state index < -0.39 is 18.5 Å². The maximum Gasteiger partial charge on any atom is 0.226 e. The number of alkyl halides is 7. The van der Waals surface area contributed by atoms with Crippen molar-refractivity contribution in [2.45, 2.75) is 31.8 Å². The summed E-state index contributed by atoms with van der Waals surface area (Å²) in [7, 11) is 0. The number of hydrogen-bond acceptors (Lipinski definition) is 1. The minimum Gasteiger partial charge on any atom is -0.325 e. The van der Waals surface area contributed by atoms with Gasteiger partial charge in [-0.2, -0.15) is 0 Å². The van der Waals surface area contributed by atoms with Crippen LogP contribution in [0, 0.1) is 0 Å². The lowest BCUT2D eigenvalue weighted by Gasteiger charge is -2.40. The number of hydrogen-bond donors (Lipinski definition) is 1. The minimum atomic E-state index is -2.04. The summed E-state index contributed by atoms with van der Waals surface area (Å²) < 4.78 is -5.79. The number of rotatable bonds is 3. The fraction of sp³-hybridized carbons (Fsp3) is 1.00. The van der Waals surface area contributed by atoms with Gasteiger partial charge in [0.25, 0.3) is 0 Å². The lowest BCUT2D eigenvalue weighted by Crippen LogP contribution is -2.56. The van der Waals surface area contributed by atoms with Gasteiger partial charge in [0.2, 0.25) is 3.79 Å². The van der Waals surface area contributed by atoms with Crippen molar-refractivity contribution < 1.29 is 0 Å². The fourth-order valence-electron chi connectivity index (χ4n) is 0.678. The van der Waals surface area contributed by atoms with Crippen molar-refractivity contribution in [3.05, 3.63) is 0 Å². The number of halogens is 7. The molecule has 0 aliphatic heterocycles. The Morgan fingerprint density at radius 2 is 1.36 bits per heavy atom. The van der Waals surface area contributed by atoms with Gasteiger partial charge in [0.05, 0.1) is 0 Å². The van der Waals surface area contributed by atoms with Gasteiger partial charge in [-0.15, -0.1) is 0 Å². The van der Waals surface area contributed by atoms with Gasteiger partial charge < -0.3 is 5.73 Å². The largest absolute Gasteiger partial charge is 0.325 e. The van der Waals surface area contributed by atoms with E-state index in [4.69, 9.17) is 86.9 Å². The molecule has 1 nitrogen and oxygen atoms in total. The predicted octanol–water partition coefficient (Wildman–Crippen LogP) is 4.44. The van der Waals surface area contributed by atoms with Crippen molar-refractivity contribution >= 4 is 81.2 Å². The van der Waals surface area contributed by atoms with Crippen LogP contribution in [0.1, 0.15) is 13.3 Å². The Hall–Kier alpha value is 1.99. The lowest BCUT2D eigenvalue weighted by molar-refractivity contribution is 0.517. The van der Waals surface area contributed by atoms with Crippen LogP contribution in [0.3, 0.4) is 0 Å². The van der Waals surface area contributed by atoms with Crippen LogP contribution in [0.5, 0.6) is 0 Å². The zero-order valence-electron chi connectivity index (χ0n) is 7.01. The highest BCUT2D eigenvalue weighted by Gasteiger charge is 2.61. The molecule has 1 atom stereocenters. The minimum absolute atomic E-state index is 0.439. The normalized spacial score (nSPS) is 16.9. The molecule has 2 N–H and O–H groups in total. The van der Waals surface area contributed by atoms with Gasteiger partial charge in [-0.3, -0.25) is 0 Å². The van der Waals surface area contributed by atoms with Crippen LogP contribution >= 0.6 is 81.2 Å². The van der Waals surface area contributed by atoms with Crippen LogP contribution < -0.4 is 5.73 Å². The second-order valence-corrected chi connectivity index (χ2v) is 7.70. The van der Waals surface area contributed by atoms with Gasteiger partial charge in [0.15, 0.2) is 8.67 Å². The Kier molecular flexibility index (Phi) is 5.82. The molecule has 0 aromatic heterocycles. The first-order valence-corrected chi connectivity index (χ1v) is 6.21. The molecule has 8 heteroatoms. The van der Waals surface area contributed by atoms with Crippen LogP contribution in [-0.4, -0.2) is 18.5 Å². The van der Waals surface area contributed by atoms with Crippen molar-refractivity contribution in [2.75, 3.05) is 0 Å². The Bertz CT molecular complexity index is 197. The molecule has 0 saturated carbocycles. The van der Waals surface area contributed by atoms with Gasteiger partial charge in [-0.25, -0.2) is 0 Å². The van der Waals surface area contributed by atoms with E-state index in [1.54, 1.807) is 6.92 Å². The van der Waals surface area contributed by atoms with Crippen molar-refractivity contribution in [1.82, 2.24) is 0 Å². The van der Waals surface area contributed by atoms with Crippen molar-refractivity contribution in [1.29, 1.82) is 0 Å². The summed E-state index contributed by atoms with van der Waals surface area (Å²) in [6.07, 6.45) is 0.439. The third-order valence-electron chi connectivity index (χ3n) is 1.68. The molecule has 0 spiro atoms. The van der Waals surface area contributed by atoms with Gasteiger partial charge in [-0.1, -0.05) is 88.1 Å². The third-order valence-corrected chi connectivity index (χ3v) is 5.79. The first-order valence-electron chi connectivity index (χ1n) is 3.56. The molecule has 0 bridgehead atoms. The summed E-state index contributed by atoms with van der Waals surface area (Å²) in [6, 6.07) is -0.712. The Labute approximate surface area is 118 Å². The molecule has 0 heterocycles. The molecular formula is C6H8Cl7N. The summed E-state index contributed by atoms with van der Waals surface area (Å²) in [6.45, 7) is 1.76. The Balaban J connectivity index is 5.07. The molecule has 0 saturated heterocycles. The second kappa shape index (κ2) is 5.10.